The highest BCUT2D eigenvalue weighted by Crippen LogP contribution is 1.99. The van der Waals surface area contributed by atoms with Crippen molar-refractivity contribution < 1.29 is 9.90 Å². The Bertz CT molecular complexity index is 602. The molecular formula is C17H24N4O2. The number of benzene rings is 1. The van der Waals surface area contributed by atoms with Gasteiger partial charge < -0.3 is 21.9 Å². The molecule has 0 aliphatic rings. The average Bonchev–Trinajstić information content (AvgIpc) is 2.55. The molecule has 1 atom stereocenters. The number of amides is 1. The first-order valence-corrected chi connectivity index (χ1v) is 7.30. The van der Waals surface area contributed by atoms with E-state index in [0.29, 0.717) is 13.1 Å². The lowest BCUT2D eigenvalue weighted by molar-refractivity contribution is -0.121. The molecule has 1 rings (SSSR count). The summed E-state index contributed by atoms with van der Waals surface area (Å²) in [7, 11) is 0. The fourth-order valence-corrected chi connectivity index (χ4v) is 1.66. The number of aliphatic imine (C=N–C) groups is 1. The van der Waals surface area contributed by atoms with E-state index in [0.717, 1.165) is 11.1 Å². The van der Waals surface area contributed by atoms with E-state index in [1.807, 2.05) is 37.3 Å². The Balaban J connectivity index is 2.52. The molecule has 6 N–H and O–H groups in total. The number of amidine groups is 1. The van der Waals surface area contributed by atoms with E-state index in [4.69, 9.17) is 16.6 Å². The zero-order valence-corrected chi connectivity index (χ0v) is 13.5. The predicted octanol–water partition coefficient (Wildman–Crippen LogP) is 1.40. The van der Waals surface area contributed by atoms with Crippen molar-refractivity contribution in [3.05, 3.63) is 59.4 Å². The van der Waals surface area contributed by atoms with Crippen molar-refractivity contribution in [2.24, 2.45) is 16.5 Å². The average molecular weight is 316 g/mol. The summed E-state index contributed by atoms with van der Waals surface area (Å²) in [6, 6.07) is 8.54. The molecule has 23 heavy (non-hydrogen) atoms. The highest BCUT2D eigenvalue weighted by Gasteiger charge is 2.16. The zero-order valence-electron chi connectivity index (χ0n) is 13.5. The first-order chi connectivity index (χ1) is 10.9. The molecule has 0 aliphatic heterocycles. The van der Waals surface area contributed by atoms with Crippen LogP contribution in [0.1, 0.15) is 19.4 Å². The van der Waals surface area contributed by atoms with Gasteiger partial charge in [-0.2, -0.15) is 0 Å². The summed E-state index contributed by atoms with van der Waals surface area (Å²) < 4.78 is 0. The molecule has 1 aromatic carbocycles. The van der Waals surface area contributed by atoms with Crippen molar-refractivity contribution in [1.82, 2.24) is 5.32 Å². The number of allylic oxidation sites excluding steroid dienone is 3. The molecule has 1 amide bonds. The first kappa shape index (κ1) is 18.4. The maximum atomic E-state index is 12.0. The fourth-order valence-electron chi connectivity index (χ4n) is 1.66. The Hall–Kier alpha value is -2.60. The molecule has 0 aromatic heterocycles. The molecular weight excluding hydrogens is 292 g/mol. The first-order valence-electron chi connectivity index (χ1n) is 7.30. The molecule has 0 aliphatic carbocycles. The van der Waals surface area contributed by atoms with E-state index < -0.39 is 6.04 Å². The Kier molecular flexibility index (Phi) is 7.56. The Labute approximate surface area is 136 Å². The monoisotopic (exact) mass is 316 g/mol. The molecule has 6 nitrogen and oxygen atoms in total. The minimum atomic E-state index is -0.985. The summed E-state index contributed by atoms with van der Waals surface area (Å²) in [5.74, 6) is -0.0888. The van der Waals surface area contributed by atoms with Crippen molar-refractivity contribution in [3.8, 4) is 0 Å². The van der Waals surface area contributed by atoms with Gasteiger partial charge in [-0.3, -0.25) is 9.79 Å². The van der Waals surface area contributed by atoms with Crippen LogP contribution in [-0.2, 0) is 11.3 Å². The van der Waals surface area contributed by atoms with Crippen LogP contribution in [0.25, 0.3) is 0 Å². The van der Waals surface area contributed by atoms with Crippen molar-refractivity contribution in [1.29, 1.82) is 0 Å². The highest BCUT2D eigenvalue weighted by molar-refractivity contribution is 6.06. The normalized spacial score (nSPS) is 14.5. The fraction of sp³-hybridized carbons (Fsp3) is 0.294. The van der Waals surface area contributed by atoms with Crippen LogP contribution in [0.15, 0.2) is 58.8 Å². The lowest BCUT2D eigenvalue weighted by Gasteiger charge is -2.12. The lowest BCUT2D eigenvalue weighted by Crippen LogP contribution is -2.49. The third-order valence-corrected chi connectivity index (χ3v) is 3.03. The SMILES string of the molecule is C/C(O)=C\C=C(/C)CN=C(N)C(N)C(=O)NCc1ccccc1. The molecule has 1 aromatic rings. The van der Waals surface area contributed by atoms with Crippen LogP contribution in [-0.4, -0.2) is 29.4 Å². The summed E-state index contributed by atoms with van der Waals surface area (Å²) in [4.78, 5) is 16.1. The number of hydrogen-bond acceptors (Lipinski definition) is 4. The second-order valence-corrected chi connectivity index (χ2v) is 5.24. The van der Waals surface area contributed by atoms with E-state index in [-0.39, 0.29) is 17.5 Å². The smallest absolute Gasteiger partial charge is 0.244 e. The van der Waals surface area contributed by atoms with Gasteiger partial charge >= 0.3 is 0 Å². The lowest BCUT2D eigenvalue weighted by atomic mass is 10.2. The molecule has 0 radical (unpaired) electrons. The van der Waals surface area contributed by atoms with Crippen LogP contribution in [0, 0.1) is 0 Å². The number of nitrogens with two attached hydrogens (primary N) is 2. The Morgan fingerprint density at radius 1 is 1.30 bits per heavy atom. The van der Waals surface area contributed by atoms with Gasteiger partial charge in [0.1, 0.15) is 11.9 Å². The van der Waals surface area contributed by atoms with Crippen molar-refractivity contribution in [2.45, 2.75) is 26.4 Å². The van der Waals surface area contributed by atoms with Gasteiger partial charge in [0, 0.05) is 6.54 Å². The highest BCUT2D eigenvalue weighted by atomic mass is 16.3. The topological polar surface area (TPSA) is 114 Å². The van der Waals surface area contributed by atoms with E-state index >= 15 is 0 Å². The number of aliphatic hydroxyl groups is 1. The van der Waals surface area contributed by atoms with Gasteiger partial charge in [0.05, 0.1) is 12.3 Å². The number of carbonyl (C=O) groups is 1. The molecule has 0 saturated heterocycles. The Morgan fingerprint density at radius 2 is 1.96 bits per heavy atom. The second-order valence-electron chi connectivity index (χ2n) is 5.24. The molecule has 0 heterocycles. The third-order valence-electron chi connectivity index (χ3n) is 3.03. The molecule has 1 unspecified atom stereocenters. The van der Waals surface area contributed by atoms with E-state index in [2.05, 4.69) is 10.3 Å². The molecule has 0 fully saturated rings. The van der Waals surface area contributed by atoms with Crippen LogP contribution in [0.3, 0.4) is 0 Å². The van der Waals surface area contributed by atoms with Crippen LogP contribution in [0.2, 0.25) is 0 Å². The third kappa shape index (κ3) is 7.28. The molecule has 124 valence electrons. The molecule has 0 bridgehead atoms. The van der Waals surface area contributed by atoms with E-state index in [9.17, 15) is 4.79 Å². The summed E-state index contributed by atoms with van der Waals surface area (Å²) in [6.45, 7) is 4.13. The minimum Gasteiger partial charge on any atom is -0.513 e. The number of hydrogen-bond donors (Lipinski definition) is 4. The van der Waals surface area contributed by atoms with Crippen LogP contribution < -0.4 is 16.8 Å². The number of aliphatic hydroxyl groups excluding tert-OH is 1. The second kappa shape index (κ2) is 9.42. The van der Waals surface area contributed by atoms with E-state index in [1.54, 1.807) is 19.1 Å². The number of nitrogens with zero attached hydrogens (tertiary/aromatic N) is 1. The molecule has 0 spiro atoms. The van der Waals surface area contributed by atoms with Gasteiger partial charge in [0.25, 0.3) is 0 Å². The van der Waals surface area contributed by atoms with Gasteiger partial charge in [-0.05, 0) is 25.5 Å². The maximum absolute atomic E-state index is 12.0. The van der Waals surface area contributed by atoms with Crippen molar-refractivity contribution in [3.63, 3.8) is 0 Å². The largest absolute Gasteiger partial charge is 0.513 e. The summed E-state index contributed by atoms with van der Waals surface area (Å²) in [6.07, 6.45) is 3.29. The Morgan fingerprint density at radius 3 is 2.57 bits per heavy atom. The summed E-state index contributed by atoms with van der Waals surface area (Å²) in [5, 5.41) is 11.8. The van der Waals surface area contributed by atoms with Crippen LogP contribution in [0.4, 0.5) is 0 Å². The number of nitrogens with one attached hydrogen (secondary N) is 1. The van der Waals surface area contributed by atoms with Crippen molar-refractivity contribution in [2.75, 3.05) is 6.54 Å². The molecule has 0 saturated carbocycles. The standard InChI is InChI=1S/C17H24N4O2/c1-12(8-9-13(2)22)10-20-16(19)15(18)17(23)21-11-14-6-4-3-5-7-14/h3-9,15,22H,10-11,18H2,1-2H3,(H2,19,20)(H,21,23)/b12-8+,13-9+. The maximum Gasteiger partial charge on any atom is 0.244 e. The number of carbonyl (C=O) groups excluding carboxylic acids is 1. The van der Waals surface area contributed by atoms with Crippen LogP contribution in [0.5, 0.6) is 0 Å². The van der Waals surface area contributed by atoms with Gasteiger partial charge in [0.2, 0.25) is 5.91 Å². The van der Waals surface area contributed by atoms with Gasteiger partial charge in [-0.15, -0.1) is 0 Å². The van der Waals surface area contributed by atoms with Crippen molar-refractivity contribution >= 4 is 11.7 Å². The minimum absolute atomic E-state index is 0.0769. The van der Waals surface area contributed by atoms with Gasteiger partial charge in [-0.25, -0.2) is 0 Å². The zero-order chi connectivity index (χ0) is 17.2. The summed E-state index contributed by atoms with van der Waals surface area (Å²) >= 11 is 0. The van der Waals surface area contributed by atoms with Crippen LogP contribution >= 0.6 is 0 Å². The quantitative estimate of drug-likeness (QED) is 0.263. The molecule has 6 heteroatoms. The summed E-state index contributed by atoms with van der Waals surface area (Å²) in [5.41, 5.74) is 13.4. The predicted molar refractivity (Wildman–Crippen MR) is 92.9 cm³/mol. The van der Waals surface area contributed by atoms with E-state index in [1.165, 1.54) is 0 Å². The van der Waals surface area contributed by atoms with Gasteiger partial charge in [-0.1, -0.05) is 42.0 Å². The number of rotatable bonds is 7. The van der Waals surface area contributed by atoms with Gasteiger partial charge in [0.15, 0.2) is 0 Å².